The quantitative estimate of drug-likeness (QED) is 0.0105. The summed E-state index contributed by atoms with van der Waals surface area (Å²) in [7, 11) is -0.575. The summed E-state index contributed by atoms with van der Waals surface area (Å²) in [6.45, 7) is 7.81. The van der Waals surface area contributed by atoms with Gasteiger partial charge in [-0.25, -0.2) is 28.2 Å². The van der Waals surface area contributed by atoms with Gasteiger partial charge in [0.15, 0.2) is 17.1 Å². The fourth-order valence-electron chi connectivity index (χ4n) is 9.67. The second-order valence-electron chi connectivity index (χ2n) is 21.3. The van der Waals surface area contributed by atoms with Crippen LogP contribution < -0.4 is 36.3 Å². The molecule has 0 aliphatic carbocycles. The van der Waals surface area contributed by atoms with Crippen molar-refractivity contribution in [3.63, 3.8) is 0 Å². The first-order chi connectivity index (χ1) is 38.3. The van der Waals surface area contributed by atoms with E-state index in [-0.39, 0.29) is 93.2 Å². The lowest BCUT2D eigenvalue weighted by molar-refractivity contribution is -0.840. The fourth-order valence-corrected chi connectivity index (χ4v) is 10.2. The van der Waals surface area contributed by atoms with Crippen LogP contribution in [0.1, 0.15) is 107 Å². The summed E-state index contributed by atoms with van der Waals surface area (Å²) in [5.41, 5.74) is 1.30. The van der Waals surface area contributed by atoms with Crippen molar-refractivity contribution in [2.45, 2.75) is 128 Å². The van der Waals surface area contributed by atoms with Crippen LogP contribution in [0.5, 0.6) is 11.5 Å². The lowest BCUT2D eigenvalue weighted by atomic mass is 9.86. The van der Waals surface area contributed by atoms with Gasteiger partial charge in [0.05, 0.1) is 61.8 Å². The Morgan fingerprint density at radius 2 is 1.67 bits per heavy atom. The van der Waals surface area contributed by atoms with E-state index >= 15 is 0 Å². The molecular weight excluding hydrogens is 1070 g/mol. The number of aliphatic hydroxyl groups is 1. The maximum atomic E-state index is 14.0. The van der Waals surface area contributed by atoms with Gasteiger partial charge in [0.1, 0.15) is 32.0 Å². The second-order valence-corrected chi connectivity index (χ2v) is 23.2. The summed E-state index contributed by atoms with van der Waals surface area (Å²) in [5.74, 6) is 2.72. The molecule has 0 saturated heterocycles. The Morgan fingerprint density at radius 3 is 2.33 bits per heavy atom. The highest BCUT2D eigenvalue weighted by molar-refractivity contribution is 7.90. The number of pyridine rings is 2. The number of carbonyl (C=O) groups is 6. The van der Waals surface area contributed by atoms with Gasteiger partial charge in [-0.05, 0) is 76.0 Å². The standard InChI is InChI=1S/C55H70N10O15S/c1-9-55(73)39-22-42-49-37(27-64(42)52(71)38(39)28-78-53(55)72)35(36-21-43-44(80-31-79-43)23-41(36)60-49)18-19-63(33(4)5)47(68)29-77-30-59-46(67)26-56-50(69)40(16-13-14-20-65(6,7)74)61-51(70)48(32(2)3)62-45(66)17-12-10-11-15-34-24-57-54(58-25-34)81(8,75)76/h21-25,32-33,40,48,73H,9-10,12-14,16-20,26-31H2,1-8H3,(H,56,69)(H,59,67)(H,61,70)(H,62,66)/t40-,48-,55-/m0/s1. The zero-order chi connectivity index (χ0) is 59.0. The van der Waals surface area contributed by atoms with Crippen molar-refractivity contribution in [3.05, 3.63) is 74.0 Å². The number of nitrogens with zero attached hydrogens (tertiary/aromatic N) is 6. The third kappa shape index (κ3) is 14.9. The highest BCUT2D eigenvalue weighted by atomic mass is 32.2. The van der Waals surface area contributed by atoms with Gasteiger partial charge in [-0.2, -0.15) is 0 Å². The Bertz CT molecular complexity index is 3310. The number of carbonyl (C=O) groups excluding carboxylic acids is 6. The van der Waals surface area contributed by atoms with Crippen molar-refractivity contribution in [2.75, 3.05) is 60.1 Å². The summed E-state index contributed by atoms with van der Waals surface area (Å²) in [4.78, 5) is 108. The molecule has 0 unspecified atom stereocenters. The number of benzene rings is 1. The predicted molar refractivity (Wildman–Crippen MR) is 292 cm³/mol. The molecule has 0 spiro atoms. The van der Waals surface area contributed by atoms with E-state index in [0.717, 1.165) is 22.8 Å². The molecule has 5 N–H and O–H groups in total. The lowest BCUT2D eigenvalue weighted by Gasteiger charge is -2.33. The van der Waals surface area contributed by atoms with Crippen LogP contribution in [0.4, 0.5) is 0 Å². The number of rotatable bonds is 25. The maximum Gasteiger partial charge on any atom is 0.343 e. The summed E-state index contributed by atoms with van der Waals surface area (Å²) in [5, 5.41) is 34.6. The number of sulfone groups is 1. The number of nitrogens with one attached hydrogen (secondary N) is 4. The van der Waals surface area contributed by atoms with Crippen LogP contribution in [-0.4, -0.2) is 156 Å². The molecule has 0 bridgehead atoms. The number of aromatic nitrogens is 4. The van der Waals surface area contributed by atoms with Gasteiger partial charge >= 0.3 is 5.97 Å². The van der Waals surface area contributed by atoms with Gasteiger partial charge in [0.25, 0.3) is 5.56 Å². The van der Waals surface area contributed by atoms with E-state index < -0.39 is 80.5 Å². The van der Waals surface area contributed by atoms with Gasteiger partial charge in [0.2, 0.25) is 51.3 Å². The largest absolute Gasteiger partial charge is 0.633 e. The Morgan fingerprint density at radius 1 is 0.951 bits per heavy atom. The van der Waals surface area contributed by atoms with Gasteiger partial charge in [-0.1, -0.05) is 32.6 Å². The molecule has 3 aliphatic heterocycles. The molecule has 1 aromatic carbocycles. The highest BCUT2D eigenvalue weighted by Gasteiger charge is 2.46. The number of esters is 1. The van der Waals surface area contributed by atoms with Crippen LogP contribution in [-0.2, 0) is 73.3 Å². The Labute approximate surface area is 468 Å². The first-order valence-corrected chi connectivity index (χ1v) is 28.7. The van der Waals surface area contributed by atoms with E-state index in [0.29, 0.717) is 66.1 Å². The van der Waals surface area contributed by atoms with Gasteiger partial charge in [-0.15, -0.1) is 0 Å². The van der Waals surface area contributed by atoms with Gasteiger partial charge < -0.3 is 64.6 Å². The number of cyclic esters (lactones) is 1. The molecule has 5 amide bonds. The van der Waals surface area contributed by atoms with Gasteiger partial charge in [-0.3, -0.25) is 28.8 Å². The molecule has 3 atom stereocenters. The number of hydrogen-bond donors (Lipinski definition) is 5. The van der Waals surface area contributed by atoms with E-state index in [9.17, 15) is 52.3 Å². The number of quaternary nitrogens is 1. The van der Waals surface area contributed by atoms with Crippen LogP contribution >= 0.6 is 0 Å². The first kappa shape index (κ1) is 61.1. The Hall–Kier alpha value is -7.57. The second kappa shape index (κ2) is 25.9. The average Bonchev–Trinajstić information content (AvgIpc) is 4.15. The van der Waals surface area contributed by atoms with Crippen molar-refractivity contribution in [2.24, 2.45) is 5.92 Å². The van der Waals surface area contributed by atoms with Crippen molar-refractivity contribution in [1.29, 1.82) is 0 Å². The van der Waals surface area contributed by atoms with E-state index in [1.807, 2.05) is 19.9 Å². The van der Waals surface area contributed by atoms with Gasteiger partial charge in [0, 0.05) is 66.7 Å². The minimum absolute atomic E-state index is 0.0151. The van der Waals surface area contributed by atoms with Crippen LogP contribution in [0, 0.1) is 23.0 Å². The number of amides is 5. The molecule has 3 aliphatic rings. The molecule has 3 aromatic heterocycles. The molecule has 25 nitrogen and oxygen atoms in total. The lowest BCUT2D eigenvalue weighted by Crippen LogP contribution is -2.56. The highest BCUT2D eigenvalue weighted by Crippen LogP contribution is 2.43. The van der Waals surface area contributed by atoms with E-state index in [4.69, 9.17) is 23.9 Å². The minimum Gasteiger partial charge on any atom is -0.633 e. The zero-order valence-electron chi connectivity index (χ0n) is 46.8. The number of hydrogen-bond acceptors (Lipinski definition) is 18. The molecule has 7 rings (SSSR count). The summed E-state index contributed by atoms with van der Waals surface area (Å²) < 4.78 is 46.5. The topological polar surface area (TPSA) is 329 Å². The van der Waals surface area contributed by atoms with Crippen molar-refractivity contribution >= 4 is 56.2 Å². The normalized spacial score (nSPS) is 15.9. The average molecular weight is 1140 g/mol. The number of ether oxygens (including phenoxy) is 4. The van der Waals surface area contributed by atoms with E-state index in [1.54, 1.807) is 42.4 Å². The van der Waals surface area contributed by atoms with Crippen molar-refractivity contribution in [3.8, 4) is 34.7 Å². The third-order valence-corrected chi connectivity index (χ3v) is 15.0. The summed E-state index contributed by atoms with van der Waals surface area (Å²) >= 11 is 0. The summed E-state index contributed by atoms with van der Waals surface area (Å²) in [6, 6.07) is 2.76. The van der Waals surface area contributed by atoms with Crippen molar-refractivity contribution < 1.29 is 65.9 Å². The monoisotopic (exact) mass is 1140 g/mol. The minimum atomic E-state index is -3.56. The Kier molecular flexibility index (Phi) is 19.5. The predicted octanol–water partition coefficient (Wildman–Crippen LogP) is 1.58. The zero-order valence-corrected chi connectivity index (χ0v) is 47.6. The maximum absolute atomic E-state index is 14.0. The molecule has 4 aromatic rings. The number of fused-ring (bicyclic) bond motifs is 6. The first-order valence-electron chi connectivity index (χ1n) is 26.8. The van der Waals surface area contributed by atoms with E-state index in [2.05, 4.69) is 43.1 Å². The molecule has 26 heteroatoms. The fraction of sp³-hybridized carbons (Fsp3) is 0.527. The number of hydroxylamine groups is 3. The molecule has 6 heterocycles. The SMILES string of the molecule is CC[C@@]1(O)C(=O)OCc2c1cc1n(c2=O)Cc2c-1nc1cc3c(cc1c2CCN(C(=O)COCNC(=O)CNC(=O)[C@H](CCCC[N+](C)(C)[O-])NC(=O)[C@@H](NC(=O)CCCC#Cc1cnc(S(C)(=O)=O)nc1)C(C)C)C(C)C)OCO3. The van der Waals surface area contributed by atoms with Crippen LogP contribution in [0.15, 0.2) is 40.5 Å². The molecular formula is C55H70N10O15S. The van der Waals surface area contributed by atoms with Crippen LogP contribution in [0.2, 0.25) is 0 Å². The smallest absolute Gasteiger partial charge is 0.343 e. The van der Waals surface area contributed by atoms with Crippen molar-refractivity contribution in [1.82, 2.24) is 45.7 Å². The van der Waals surface area contributed by atoms with E-state index in [1.165, 1.54) is 26.5 Å². The summed E-state index contributed by atoms with van der Waals surface area (Å²) in [6.07, 6.45) is 5.50. The molecule has 436 valence electrons. The Balaban J connectivity index is 0.927. The third-order valence-electron chi connectivity index (χ3n) is 14.1. The van der Waals surface area contributed by atoms with Crippen LogP contribution in [0.25, 0.3) is 22.3 Å². The molecule has 0 saturated carbocycles. The molecule has 0 fully saturated rings. The molecule has 81 heavy (non-hydrogen) atoms. The van der Waals surface area contributed by atoms with Crippen LogP contribution in [0.3, 0.4) is 0 Å². The number of unbranched alkanes of at least 4 members (excludes halogenated alkanes) is 2. The molecule has 0 radical (unpaired) electrons.